The third-order valence-corrected chi connectivity index (χ3v) is 4.85. The van der Waals surface area contributed by atoms with Gasteiger partial charge >= 0.3 is 6.03 Å². The molecule has 0 aliphatic rings. The molecule has 0 aliphatic carbocycles. The first-order valence-electron chi connectivity index (χ1n) is 8.89. The third kappa shape index (κ3) is 4.28. The third-order valence-electron chi connectivity index (χ3n) is 4.61. The number of nitrogens with one attached hydrogen (secondary N) is 2. The topological polar surface area (TPSA) is 68.2 Å². The predicted molar refractivity (Wildman–Crippen MR) is 113 cm³/mol. The van der Waals surface area contributed by atoms with Crippen LogP contribution >= 0.6 is 11.6 Å². The van der Waals surface area contributed by atoms with Crippen molar-refractivity contribution in [1.29, 1.82) is 0 Å². The second-order valence-electron chi connectivity index (χ2n) is 6.55. The Labute approximate surface area is 169 Å². The SMILES string of the molecule is COc1ccc(Cl)cc1NC(=O)Nc1c(C)nn(Cc2ccccc2C)c1C. The lowest BCUT2D eigenvalue weighted by atomic mass is 10.1. The molecule has 0 saturated heterocycles. The highest BCUT2D eigenvalue weighted by Crippen LogP contribution is 2.28. The molecule has 2 N–H and O–H groups in total. The first kappa shape index (κ1) is 19.8. The molecule has 2 amide bonds. The summed E-state index contributed by atoms with van der Waals surface area (Å²) in [5, 5.41) is 10.8. The van der Waals surface area contributed by atoms with Crippen LogP contribution in [0.4, 0.5) is 16.2 Å². The van der Waals surface area contributed by atoms with Crippen LogP contribution < -0.4 is 15.4 Å². The van der Waals surface area contributed by atoms with Gasteiger partial charge in [-0.05, 0) is 50.1 Å². The number of nitrogens with zero attached hydrogens (tertiary/aromatic N) is 2. The van der Waals surface area contributed by atoms with Gasteiger partial charge in [-0.25, -0.2) is 4.79 Å². The van der Waals surface area contributed by atoms with Gasteiger partial charge in [0.2, 0.25) is 0 Å². The molecule has 3 rings (SSSR count). The van der Waals surface area contributed by atoms with E-state index in [1.165, 1.54) is 18.2 Å². The van der Waals surface area contributed by atoms with Crippen LogP contribution in [-0.4, -0.2) is 22.9 Å². The van der Waals surface area contributed by atoms with Crippen molar-refractivity contribution in [3.05, 3.63) is 70.0 Å². The van der Waals surface area contributed by atoms with E-state index in [2.05, 4.69) is 34.8 Å². The number of carbonyl (C=O) groups excluding carboxylic acids is 1. The Morgan fingerprint density at radius 3 is 2.61 bits per heavy atom. The summed E-state index contributed by atoms with van der Waals surface area (Å²) in [4.78, 5) is 12.5. The van der Waals surface area contributed by atoms with Crippen molar-refractivity contribution >= 4 is 29.0 Å². The van der Waals surface area contributed by atoms with Crippen LogP contribution in [0.1, 0.15) is 22.5 Å². The summed E-state index contributed by atoms with van der Waals surface area (Å²) < 4.78 is 7.16. The summed E-state index contributed by atoms with van der Waals surface area (Å²) in [6, 6.07) is 12.8. The van der Waals surface area contributed by atoms with Crippen LogP contribution in [0.15, 0.2) is 42.5 Å². The minimum atomic E-state index is -0.387. The van der Waals surface area contributed by atoms with Crippen LogP contribution in [0.25, 0.3) is 0 Å². The molecule has 2 aromatic carbocycles. The molecule has 6 nitrogen and oxygen atoms in total. The first-order chi connectivity index (χ1) is 13.4. The molecule has 0 bridgehead atoms. The summed E-state index contributed by atoms with van der Waals surface area (Å²) in [5.74, 6) is 0.531. The van der Waals surface area contributed by atoms with E-state index in [0.717, 1.165) is 11.4 Å². The lowest BCUT2D eigenvalue weighted by molar-refractivity contribution is 0.262. The van der Waals surface area contributed by atoms with E-state index in [1.807, 2.05) is 30.7 Å². The van der Waals surface area contributed by atoms with E-state index in [0.29, 0.717) is 28.7 Å². The number of benzene rings is 2. The van der Waals surface area contributed by atoms with E-state index in [-0.39, 0.29) is 6.03 Å². The average Bonchev–Trinajstić information content (AvgIpc) is 2.91. The normalized spacial score (nSPS) is 10.6. The molecule has 1 heterocycles. The Hall–Kier alpha value is -2.99. The van der Waals surface area contributed by atoms with Gasteiger partial charge in [0, 0.05) is 5.02 Å². The predicted octanol–water partition coefficient (Wildman–Crippen LogP) is 5.16. The lowest BCUT2D eigenvalue weighted by Crippen LogP contribution is -2.20. The Balaban J connectivity index is 1.78. The highest BCUT2D eigenvalue weighted by atomic mass is 35.5. The summed E-state index contributed by atoms with van der Waals surface area (Å²) in [5.41, 5.74) is 5.21. The standard InChI is InChI=1S/C21H23ClN4O2/c1-13-7-5-6-8-16(13)12-26-15(3)20(14(2)25-26)24-21(27)23-18-11-17(22)9-10-19(18)28-4/h5-11H,12H2,1-4H3,(H2,23,24,27). The van der Waals surface area contributed by atoms with Gasteiger partial charge < -0.3 is 15.4 Å². The van der Waals surface area contributed by atoms with Crippen molar-refractivity contribution in [3.8, 4) is 5.75 Å². The van der Waals surface area contributed by atoms with E-state index in [9.17, 15) is 4.79 Å². The second-order valence-corrected chi connectivity index (χ2v) is 6.99. The van der Waals surface area contributed by atoms with Gasteiger partial charge in [-0.15, -0.1) is 0 Å². The van der Waals surface area contributed by atoms with Crippen LogP contribution in [0, 0.1) is 20.8 Å². The van der Waals surface area contributed by atoms with Crippen molar-refractivity contribution < 1.29 is 9.53 Å². The Morgan fingerprint density at radius 2 is 1.89 bits per heavy atom. The fourth-order valence-corrected chi connectivity index (χ4v) is 3.20. The molecule has 1 aromatic heterocycles. The van der Waals surface area contributed by atoms with Gasteiger partial charge in [-0.3, -0.25) is 4.68 Å². The van der Waals surface area contributed by atoms with Crippen molar-refractivity contribution in [2.75, 3.05) is 17.7 Å². The number of rotatable bonds is 5. The maximum absolute atomic E-state index is 12.5. The number of carbonyl (C=O) groups is 1. The number of halogens is 1. The highest BCUT2D eigenvalue weighted by Gasteiger charge is 2.16. The Bertz CT molecular complexity index is 1010. The quantitative estimate of drug-likeness (QED) is 0.623. The van der Waals surface area contributed by atoms with Gasteiger partial charge in [0.1, 0.15) is 5.75 Å². The lowest BCUT2D eigenvalue weighted by Gasteiger charge is -2.12. The number of aryl methyl sites for hydroxylation is 2. The van der Waals surface area contributed by atoms with Crippen LogP contribution in [0.5, 0.6) is 5.75 Å². The number of amides is 2. The molecule has 0 fully saturated rings. The second kappa shape index (κ2) is 8.35. The summed E-state index contributed by atoms with van der Waals surface area (Å²) in [7, 11) is 1.54. The fourth-order valence-electron chi connectivity index (χ4n) is 3.03. The highest BCUT2D eigenvalue weighted by molar-refractivity contribution is 6.31. The largest absolute Gasteiger partial charge is 0.495 e. The number of ether oxygens (including phenoxy) is 1. The average molecular weight is 399 g/mol. The molecule has 0 atom stereocenters. The van der Waals surface area contributed by atoms with Gasteiger partial charge in [0.25, 0.3) is 0 Å². The zero-order chi connectivity index (χ0) is 20.3. The fraction of sp³-hybridized carbons (Fsp3) is 0.238. The summed E-state index contributed by atoms with van der Waals surface area (Å²) >= 11 is 6.02. The van der Waals surface area contributed by atoms with Gasteiger partial charge in [-0.1, -0.05) is 35.9 Å². The van der Waals surface area contributed by atoms with Crippen molar-refractivity contribution in [2.24, 2.45) is 0 Å². The Kier molecular flexibility index (Phi) is 5.90. The molecule has 7 heteroatoms. The van der Waals surface area contributed by atoms with Gasteiger partial charge in [0.15, 0.2) is 0 Å². The molecular weight excluding hydrogens is 376 g/mol. The molecule has 0 radical (unpaired) electrons. The van der Waals surface area contributed by atoms with E-state index in [1.54, 1.807) is 18.2 Å². The maximum atomic E-state index is 12.5. The molecule has 0 spiro atoms. The number of methoxy groups -OCH3 is 1. The molecular formula is C21H23ClN4O2. The van der Waals surface area contributed by atoms with Gasteiger partial charge in [0.05, 0.1) is 36.4 Å². The number of aromatic nitrogens is 2. The Morgan fingerprint density at radius 1 is 1.14 bits per heavy atom. The smallest absolute Gasteiger partial charge is 0.323 e. The molecule has 3 aromatic rings. The molecule has 28 heavy (non-hydrogen) atoms. The van der Waals surface area contributed by atoms with E-state index < -0.39 is 0 Å². The number of hydrogen-bond donors (Lipinski definition) is 2. The number of urea groups is 1. The first-order valence-corrected chi connectivity index (χ1v) is 9.27. The van der Waals surface area contributed by atoms with E-state index >= 15 is 0 Å². The minimum Gasteiger partial charge on any atom is -0.495 e. The molecule has 0 unspecified atom stereocenters. The van der Waals surface area contributed by atoms with Crippen LogP contribution in [0.2, 0.25) is 5.02 Å². The zero-order valence-electron chi connectivity index (χ0n) is 16.3. The van der Waals surface area contributed by atoms with Gasteiger partial charge in [-0.2, -0.15) is 5.10 Å². The van der Waals surface area contributed by atoms with Crippen LogP contribution in [-0.2, 0) is 6.54 Å². The van der Waals surface area contributed by atoms with E-state index in [4.69, 9.17) is 16.3 Å². The zero-order valence-corrected chi connectivity index (χ0v) is 17.1. The van der Waals surface area contributed by atoms with Crippen molar-refractivity contribution in [1.82, 2.24) is 9.78 Å². The molecule has 0 saturated carbocycles. The minimum absolute atomic E-state index is 0.387. The summed E-state index contributed by atoms with van der Waals surface area (Å²) in [6.07, 6.45) is 0. The monoisotopic (exact) mass is 398 g/mol. The van der Waals surface area contributed by atoms with Crippen LogP contribution in [0.3, 0.4) is 0 Å². The molecule has 146 valence electrons. The number of anilines is 2. The van der Waals surface area contributed by atoms with Crippen molar-refractivity contribution in [2.45, 2.75) is 27.3 Å². The van der Waals surface area contributed by atoms with Crippen molar-refractivity contribution in [3.63, 3.8) is 0 Å². The maximum Gasteiger partial charge on any atom is 0.323 e. The molecule has 0 aliphatic heterocycles. The number of hydrogen-bond acceptors (Lipinski definition) is 3. The summed E-state index contributed by atoms with van der Waals surface area (Å²) in [6.45, 7) is 6.53.